The first kappa shape index (κ1) is 18.8. The maximum Gasteiger partial charge on any atom is 0.399 e. The predicted octanol–water partition coefficient (Wildman–Crippen LogP) is 5.67. The molecular weight excluding hydrogens is 329 g/mol. The molecule has 0 amide bonds. The fraction of sp³-hybridized carbons (Fsp3) is 0.250. The Morgan fingerprint density at radius 3 is 2.20 bits per heavy atom. The van der Waals surface area contributed by atoms with Gasteiger partial charge in [0.2, 0.25) is 0 Å². The fourth-order valence-electron chi connectivity index (χ4n) is 2.61. The summed E-state index contributed by atoms with van der Waals surface area (Å²) in [4.78, 5) is 11.0. The van der Waals surface area contributed by atoms with Crippen LogP contribution in [-0.2, 0) is 0 Å². The number of carboxylic acids is 1. The van der Waals surface area contributed by atoms with E-state index in [9.17, 15) is 18.0 Å². The first-order valence-electron chi connectivity index (χ1n) is 7.75. The third kappa shape index (κ3) is 4.50. The lowest BCUT2D eigenvalue weighted by atomic mass is 9.94. The van der Waals surface area contributed by atoms with E-state index in [1.54, 1.807) is 32.0 Å². The van der Waals surface area contributed by atoms with Crippen molar-refractivity contribution in [3.63, 3.8) is 0 Å². The van der Waals surface area contributed by atoms with Gasteiger partial charge in [-0.25, -0.2) is 4.79 Å². The SMILES string of the molecule is Cc1ccc(C(/C=C/c2ccc(C(=O)O)c(C)c2)C(F)(F)F)cc1C. The molecule has 0 spiro atoms. The zero-order chi connectivity index (χ0) is 18.8. The molecule has 1 N–H and O–H groups in total. The second-order valence-corrected chi connectivity index (χ2v) is 6.10. The van der Waals surface area contributed by atoms with E-state index >= 15 is 0 Å². The molecule has 0 aliphatic rings. The van der Waals surface area contributed by atoms with Crippen LogP contribution in [0.25, 0.3) is 6.08 Å². The lowest BCUT2D eigenvalue weighted by molar-refractivity contribution is -0.139. The number of rotatable bonds is 4. The molecule has 0 saturated heterocycles. The molecule has 25 heavy (non-hydrogen) atoms. The molecule has 2 rings (SSSR count). The summed E-state index contributed by atoms with van der Waals surface area (Å²) in [5.41, 5.74) is 3.10. The Balaban J connectivity index is 2.37. The van der Waals surface area contributed by atoms with Gasteiger partial charge >= 0.3 is 12.1 Å². The van der Waals surface area contributed by atoms with Crippen LogP contribution in [0, 0.1) is 20.8 Å². The van der Waals surface area contributed by atoms with Gasteiger partial charge in [0.1, 0.15) is 0 Å². The number of hydrogen-bond donors (Lipinski definition) is 1. The average molecular weight is 348 g/mol. The molecule has 2 nitrogen and oxygen atoms in total. The van der Waals surface area contributed by atoms with Crippen molar-refractivity contribution in [2.45, 2.75) is 32.9 Å². The number of carboxylic acid groups (broad SMARTS) is 1. The van der Waals surface area contributed by atoms with E-state index in [0.29, 0.717) is 11.1 Å². The largest absolute Gasteiger partial charge is 0.478 e. The van der Waals surface area contributed by atoms with Crippen molar-refractivity contribution in [3.8, 4) is 0 Å². The summed E-state index contributed by atoms with van der Waals surface area (Å²) >= 11 is 0. The van der Waals surface area contributed by atoms with Crippen molar-refractivity contribution >= 4 is 12.0 Å². The molecule has 5 heteroatoms. The van der Waals surface area contributed by atoms with E-state index in [4.69, 9.17) is 5.11 Å². The topological polar surface area (TPSA) is 37.3 Å². The Morgan fingerprint density at radius 1 is 1.00 bits per heavy atom. The van der Waals surface area contributed by atoms with E-state index in [1.807, 2.05) is 6.92 Å². The van der Waals surface area contributed by atoms with Gasteiger partial charge < -0.3 is 5.11 Å². The van der Waals surface area contributed by atoms with Gasteiger partial charge in [-0.15, -0.1) is 0 Å². The number of alkyl halides is 3. The fourth-order valence-corrected chi connectivity index (χ4v) is 2.61. The molecule has 0 saturated carbocycles. The van der Waals surface area contributed by atoms with Gasteiger partial charge in [-0.3, -0.25) is 0 Å². The number of carbonyl (C=O) groups is 1. The van der Waals surface area contributed by atoms with Crippen LogP contribution < -0.4 is 0 Å². The summed E-state index contributed by atoms with van der Waals surface area (Å²) in [6, 6.07) is 9.19. The first-order chi connectivity index (χ1) is 11.6. The lowest BCUT2D eigenvalue weighted by Gasteiger charge is -2.18. The van der Waals surface area contributed by atoms with Crippen molar-refractivity contribution in [2.75, 3.05) is 0 Å². The Hall–Kier alpha value is -2.56. The Labute approximate surface area is 144 Å². The highest BCUT2D eigenvalue weighted by Crippen LogP contribution is 2.37. The summed E-state index contributed by atoms with van der Waals surface area (Å²) in [7, 11) is 0. The van der Waals surface area contributed by atoms with Crippen molar-refractivity contribution in [2.24, 2.45) is 0 Å². The minimum atomic E-state index is -4.41. The minimum absolute atomic E-state index is 0.138. The monoisotopic (exact) mass is 348 g/mol. The second kappa shape index (κ2) is 7.13. The van der Waals surface area contributed by atoms with Gasteiger partial charge in [-0.1, -0.05) is 42.5 Å². The van der Waals surface area contributed by atoms with Gasteiger partial charge in [-0.2, -0.15) is 13.2 Å². The zero-order valence-corrected chi connectivity index (χ0v) is 14.2. The van der Waals surface area contributed by atoms with E-state index in [1.165, 1.54) is 24.3 Å². The number of allylic oxidation sites excluding steroid dienone is 1. The van der Waals surface area contributed by atoms with E-state index in [2.05, 4.69) is 0 Å². The molecule has 0 radical (unpaired) electrons. The first-order valence-corrected chi connectivity index (χ1v) is 7.75. The molecule has 0 fully saturated rings. The second-order valence-electron chi connectivity index (χ2n) is 6.10. The molecular formula is C20H19F3O2. The Bertz CT molecular complexity index is 820. The number of aromatic carboxylic acids is 1. The standard InChI is InChI=1S/C20H19F3O2/c1-12-4-7-16(11-13(12)2)18(20(21,22)23)9-6-15-5-8-17(19(24)25)14(3)10-15/h4-11,18H,1-3H3,(H,24,25)/b9-6+. The summed E-state index contributed by atoms with van der Waals surface area (Å²) in [5.74, 6) is -2.78. The van der Waals surface area contributed by atoms with Crippen LogP contribution in [0.15, 0.2) is 42.5 Å². The maximum absolute atomic E-state index is 13.5. The highest BCUT2D eigenvalue weighted by atomic mass is 19.4. The Kier molecular flexibility index (Phi) is 5.36. The summed E-state index contributed by atoms with van der Waals surface area (Å²) in [6.45, 7) is 5.25. The number of benzene rings is 2. The van der Waals surface area contributed by atoms with Crippen LogP contribution in [-0.4, -0.2) is 17.3 Å². The van der Waals surface area contributed by atoms with Crippen molar-refractivity contribution in [1.29, 1.82) is 0 Å². The highest BCUT2D eigenvalue weighted by Gasteiger charge is 2.38. The van der Waals surface area contributed by atoms with E-state index in [0.717, 1.165) is 17.2 Å². The van der Waals surface area contributed by atoms with E-state index < -0.39 is 18.1 Å². The molecule has 132 valence electrons. The number of aryl methyl sites for hydroxylation is 3. The predicted molar refractivity (Wildman–Crippen MR) is 91.9 cm³/mol. The van der Waals surface area contributed by atoms with Gasteiger partial charge in [0, 0.05) is 0 Å². The molecule has 0 aliphatic heterocycles. The maximum atomic E-state index is 13.5. The highest BCUT2D eigenvalue weighted by molar-refractivity contribution is 5.89. The third-order valence-corrected chi connectivity index (χ3v) is 4.20. The molecule has 0 aliphatic carbocycles. The van der Waals surface area contributed by atoms with Gasteiger partial charge in [0.15, 0.2) is 0 Å². The molecule has 0 bridgehead atoms. The van der Waals surface area contributed by atoms with Gasteiger partial charge in [0.25, 0.3) is 0 Å². The lowest BCUT2D eigenvalue weighted by Crippen LogP contribution is -2.19. The smallest absolute Gasteiger partial charge is 0.399 e. The summed E-state index contributed by atoms with van der Waals surface area (Å²) in [5, 5.41) is 9.01. The molecule has 1 atom stereocenters. The number of halogens is 3. The minimum Gasteiger partial charge on any atom is -0.478 e. The zero-order valence-electron chi connectivity index (χ0n) is 14.2. The normalized spacial score (nSPS) is 13.2. The van der Waals surface area contributed by atoms with Gasteiger partial charge in [0.05, 0.1) is 11.5 Å². The van der Waals surface area contributed by atoms with Crippen LogP contribution in [0.5, 0.6) is 0 Å². The Morgan fingerprint density at radius 2 is 1.68 bits per heavy atom. The molecule has 0 heterocycles. The van der Waals surface area contributed by atoms with Crippen LogP contribution in [0.1, 0.15) is 44.1 Å². The summed E-state index contributed by atoms with van der Waals surface area (Å²) < 4.78 is 40.4. The molecule has 2 aromatic carbocycles. The molecule has 1 unspecified atom stereocenters. The molecule has 0 aromatic heterocycles. The third-order valence-electron chi connectivity index (χ3n) is 4.20. The van der Waals surface area contributed by atoms with Crippen LogP contribution in [0.4, 0.5) is 13.2 Å². The van der Waals surface area contributed by atoms with Crippen molar-refractivity contribution in [3.05, 3.63) is 75.9 Å². The average Bonchev–Trinajstić information content (AvgIpc) is 2.49. The van der Waals surface area contributed by atoms with Crippen LogP contribution >= 0.6 is 0 Å². The van der Waals surface area contributed by atoms with Crippen LogP contribution in [0.2, 0.25) is 0 Å². The molecule has 2 aromatic rings. The van der Waals surface area contributed by atoms with E-state index in [-0.39, 0.29) is 11.1 Å². The quantitative estimate of drug-likeness (QED) is 0.773. The number of hydrogen-bond acceptors (Lipinski definition) is 1. The van der Waals surface area contributed by atoms with Crippen molar-refractivity contribution in [1.82, 2.24) is 0 Å². The van der Waals surface area contributed by atoms with Crippen molar-refractivity contribution < 1.29 is 23.1 Å². The summed E-state index contributed by atoms with van der Waals surface area (Å²) in [6.07, 6.45) is -1.92. The van der Waals surface area contributed by atoms with Gasteiger partial charge in [-0.05, 0) is 54.7 Å². The van der Waals surface area contributed by atoms with Crippen LogP contribution in [0.3, 0.4) is 0 Å².